The van der Waals surface area contributed by atoms with Crippen molar-refractivity contribution in [2.45, 2.75) is 239 Å². The smallest absolute Gasteiger partial charge is 0.202 e. The lowest BCUT2D eigenvalue weighted by atomic mass is 9.92. The van der Waals surface area contributed by atoms with Gasteiger partial charge in [-0.1, -0.05) is 12.1 Å². The van der Waals surface area contributed by atoms with Crippen LogP contribution in [0.5, 0.6) is 40.2 Å². The summed E-state index contributed by atoms with van der Waals surface area (Å²) in [7, 11) is 20.2. The first kappa shape index (κ1) is 99.5. The maximum atomic E-state index is 12.7. The van der Waals surface area contributed by atoms with Crippen molar-refractivity contribution in [3.8, 4) is 40.2 Å². The summed E-state index contributed by atoms with van der Waals surface area (Å²) in [4.78, 5) is 12.7. The zero-order valence-electron chi connectivity index (χ0n) is 72.1. The molecule has 21 saturated heterocycles. The summed E-state index contributed by atoms with van der Waals surface area (Å²) < 4.78 is 194. The molecule has 0 unspecified atom stereocenters. The summed E-state index contributed by atoms with van der Waals surface area (Å²) >= 11 is 0. The Balaban J connectivity index is 0.000000340. The van der Waals surface area contributed by atoms with Crippen LogP contribution in [0.3, 0.4) is 0 Å². The summed E-state index contributed by atoms with van der Waals surface area (Å²) in [5, 5.41) is 136. The molecule has 0 aromatic heterocycles. The molecule has 3 aromatic carbocycles. The number of methoxy groups -OCH3 is 15. The van der Waals surface area contributed by atoms with E-state index in [1.165, 1.54) is 119 Å². The van der Waals surface area contributed by atoms with Gasteiger partial charge in [0, 0.05) is 117 Å². The molecule has 0 spiro atoms. The largest absolute Gasteiger partial charge is 0.508 e. The highest BCUT2D eigenvalue weighted by molar-refractivity contribution is 6.05. The third kappa shape index (κ3) is 20.9. The third-order valence-electron chi connectivity index (χ3n) is 23.6. The van der Waals surface area contributed by atoms with E-state index in [4.69, 9.17) is 152 Å². The summed E-state index contributed by atoms with van der Waals surface area (Å²) in [5.41, 5.74) is 0.751. The first-order chi connectivity index (χ1) is 60.7. The lowest BCUT2D eigenvalue weighted by Crippen LogP contribution is -2.69. The van der Waals surface area contributed by atoms with E-state index in [9.17, 15) is 66.1 Å². The van der Waals surface area contributed by atoms with Crippen molar-refractivity contribution < 1.29 is 218 Å². The molecule has 21 fully saturated rings. The predicted molar refractivity (Wildman–Crippen MR) is 415 cm³/mol. The van der Waals surface area contributed by atoms with Crippen LogP contribution in [-0.2, 0) is 133 Å². The number of fused-ring (bicyclic) bond motifs is 2. The van der Waals surface area contributed by atoms with E-state index < -0.39 is 251 Å². The summed E-state index contributed by atoms with van der Waals surface area (Å²) in [6.45, 7) is -1.94. The molecule has 12 N–H and O–H groups in total. The molecular weight excluding hydrogens is 1690 g/mol. The molecule has 26 rings (SSSR count). The fourth-order valence-electron chi connectivity index (χ4n) is 17.4. The van der Waals surface area contributed by atoms with Crippen molar-refractivity contribution in [3.63, 3.8) is 0 Å². The zero-order valence-corrected chi connectivity index (χ0v) is 72.1. The van der Waals surface area contributed by atoms with Crippen molar-refractivity contribution in [1.29, 1.82) is 0 Å². The molecule has 23 heterocycles. The summed E-state index contributed by atoms with van der Waals surface area (Å²) in [5.74, 6) is -0.823. The van der Waals surface area contributed by atoms with Gasteiger partial charge in [0.05, 0.1) is 60.0 Å². The number of ether oxygens (including phenoxy) is 32. The Morgan fingerprint density at radius 3 is 0.841 bits per heavy atom. The van der Waals surface area contributed by atoms with Crippen LogP contribution in [0.15, 0.2) is 48.5 Å². The van der Waals surface area contributed by atoms with Crippen LogP contribution in [-0.4, -0.2) is 454 Å². The number of benzene rings is 3. The maximum Gasteiger partial charge on any atom is 0.202 e. The number of Topliss-reactive ketones (excluding diaryl/α,β-unsaturated/α-hetero) is 1. The van der Waals surface area contributed by atoms with Gasteiger partial charge in [-0.2, -0.15) is 0 Å². The van der Waals surface area contributed by atoms with Crippen LogP contribution >= 0.6 is 0 Å². The van der Waals surface area contributed by atoms with Gasteiger partial charge in [-0.15, -0.1) is 0 Å². The minimum atomic E-state index is -1.62. The highest BCUT2D eigenvalue weighted by atomic mass is 16.8. The second-order valence-corrected chi connectivity index (χ2v) is 31.2. The lowest BCUT2D eigenvalue weighted by Gasteiger charge is -2.51. The normalized spacial score (nSPS) is 41.5. The first-order valence-electron chi connectivity index (χ1n) is 40.7. The summed E-state index contributed by atoms with van der Waals surface area (Å²) in [6.07, 6.45) is -53.7. The van der Waals surface area contributed by atoms with Crippen LogP contribution < -0.4 is 18.9 Å². The standard InChI is InChI=1S/C56H98O35.C25H22O10/c1-64-15-22-36-29(57)43(71-8)50(78-22)86-37-23(16-65-2)80-52(45(73-10)30(37)58)88-39-25(18-67-4)82-54(47(75-12)32(39)60)90-41-27(20-69-6)84-56(49(77-14)34(41)62)91-42-28(21-70-7)83-55(48(76-13)35(42)63)89-40-26(19-68-5)81-53(46(74-11)33(40)61)87-38-24(17-66-3)79-51(85-36)44(72-9)31(38)59;1-32-17-6-11(2-4-14(17)28)24-20(10-26)33-16-5-3-12(7-18(16)34-24)25-23(31)22(30)21-15(29)8-13(27)9-19(21)35-25/h22-63H,15-21H2,1-14H3;2-9,20,23-29,31H,10H2,1H3/t22-,23-,24-,25-,26-,27-,28-,29+,30+,31+,32+,33+,34+,35+,36-,37-,38-,39-,40-,41-,42-,43-,44-,45-,46-,47-,48-,49-,50-,51-,52-,53-,54-,55-,56-;20-,23+,24-,25-/m11/s1. The maximum absolute atomic E-state index is 12.7. The fraction of sp³-hybridized carbons (Fsp3) is 0.765. The van der Waals surface area contributed by atoms with E-state index in [-0.39, 0.29) is 87.2 Å². The van der Waals surface area contributed by atoms with E-state index in [1.54, 1.807) is 30.3 Å². The van der Waals surface area contributed by atoms with Gasteiger partial charge in [0.25, 0.3) is 0 Å². The van der Waals surface area contributed by atoms with Crippen LogP contribution in [0.4, 0.5) is 0 Å². The Morgan fingerprint density at radius 1 is 0.294 bits per heavy atom. The van der Waals surface area contributed by atoms with Gasteiger partial charge in [0.15, 0.2) is 91.4 Å². The zero-order chi connectivity index (χ0) is 90.8. The molecule has 14 bridgehead atoms. The third-order valence-corrected chi connectivity index (χ3v) is 23.6. The van der Waals surface area contributed by atoms with Crippen molar-refractivity contribution >= 4 is 5.78 Å². The molecule has 23 aliphatic rings. The topological polar surface area (TPSA) is 555 Å². The number of carbonyl (C=O) groups is 1. The molecule has 0 aliphatic carbocycles. The quantitative estimate of drug-likeness (QED) is 0.0388. The van der Waals surface area contributed by atoms with Gasteiger partial charge in [0.1, 0.15) is 194 Å². The SMILES string of the molecule is COC[C@H]1O[C@@H]2O[C@H]3[C@H](O)[C@@H](OC)[C@@H](O[C@H]4[C@H](O)[C@@H](OC)[C@@H](O[C@H]5[C@H](O)[C@@H](OC)[C@@H](O[C@H]6[C@H](O)[C@@H](OC)[C@@H](O[C@H]7[C@H](O)[C@@H](OC)[C@@H](O[C@H]8[C@H](O)[C@@H](OC)[C@@H](O[C@H]1[C@H](O)[C@H]2OC)O[C@@H]8COC)O[C@@H]7COC)O[C@@H]6COC)O[C@@H]5COC)O[C@@H]4COC)O[C@@H]3COC.COc1cc([C@H]2Oc3cc([C@H]4Oc5cc(O)cc(O)c5C(=O)[C@@H]4O)ccc3O[C@@H]2CO)ccc1O. The molecule has 0 saturated carbocycles. The average molecular weight is 1810 g/mol. The number of phenolic OH excluding ortho intramolecular Hbond substituents is 3. The monoisotopic (exact) mass is 1810 g/mol. The van der Waals surface area contributed by atoms with Gasteiger partial charge in [-0.25, -0.2) is 0 Å². The second kappa shape index (κ2) is 45.3. The Hall–Kier alpha value is -5.55. The van der Waals surface area contributed by atoms with Crippen LogP contribution in [0.25, 0.3) is 0 Å². The molecule has 126 heavy (non-hydrogen) atoms. The van der Waals surface area contributed by atoms with E-state index in [0.717, 1.165) is 6.07 Å². The number of hydrogen-bond acceptors (Lipinski definition) is 45. The van der Waals surface area contributed by atoms with Crippen LogP contribution in [0, 0.1) is 0 Å². The van der Waals surface area contributed by atoms with Gasteiger partial charge < -0.3 is 213 Å². The Kier molecular flexibility index (Phi) is 35.7. The number of ketones is 1. The molecule has 3 aromatic rings. The fourth-order valence-corrected chi connectivity index (χ4v) is 17.4. The Labute approximate surface area is 725 Å². The van der Waals surface area contributed by atoms with Crippen molar-refractivity contribution in [2.75, 3.05) is 160 Å². The molecule has 714 valence electrons. The predicted octanol–water partition coefficient (Wildman–Crippen LogP) is -3.71. The highest BCUT2D eigenvalue weighted by Crippen LogP contribution is 2.48. The van der Waals surface area contributed by atoms with Crippen LogP contribution in [0.2, 0.25) is 0 Å². The number of rotatable bonds is 25. The molecular formula is C81H120O45. The Bertz CT molecular complexity index is 3450. The van der Waals surface area contributed by atoms with E-state index in [0.29, 0.717) is 16.9 Å². The molecule has 45 nitrogen and oxygen atoms in total. The van der Waals surface area contributed by atoms with Crippen molar-refractivity contribution in [1.82, 2.24) is 0 Å². The van der Waals surface area contributed by atoms with Gasteiger partial charge in [-0.05, 0) is 29.8 Å². The number of aromatic hydroxyl groups is 3. The summed E-state index contributed by atoms with van der Waals surface area (Å²) in [6, 6.07) is 11.5. The minimum Gasteiger partial charge on any atom is -0.508 e. The van der Waals surface area contributed by atoms with Crippen molar-refractivity contribution in [3.05, 3.63) is 65.2 Å². The van der Waals surface area contributed by atoms with Crippen LogP contribution in [0.1, 0.15) is 33.7 Å². The number of aliphatic hydroxyl groups excluding tert-OH is 9. The first-order valence-corrected chi connectivity index (χ1v) is 40.7. The number of hydrogen-bond donors (Lipinski definition) is 12. The number of carbonyl (C=O) groups excluding carboxylic acids is 1. The van der Waals surface area contributed by atoms with E-state index >= 15 is 0 Å². The molecule has 0 radical (unpaired) electrons. The van der Waals surface area contributed by atoms with E-state index in [1.807, 2.05) is 0 Å². The number of aliphatic hydroxyl groups is 9. The van der Waals surface area contributed by atoms with Gasteiger partial charge >= 0.3 is 0 Å². The van der Waals surface area contributed by atoms with Gasteiger partial charge in [-0.3, -0.25) is 4.79 Å². The minimum absolute atomic E-state index is 0.0540. The number of phenols is 3. The van der Waals surface area contributed by atoms with Crippen molar-refractivity contribution in [2.24, 2.45) is 0 Å². The Morgan fingerprint density at radius 2 is 0.571 bits per heavy atom. The van der Waals surface area contributed by atoms with Gasteiger partial charge in [0.2, 0.25) is 5.78 Å². The average Bonchev–Trinajstić information content (AvgIpc) is 0.796. The molecule has 45 heteroatoms. The second-order valence-electron chi connectivity index (χ2n) is 31.2. The lowest BCUT2D eigenvalue weighted by molar-refractivity contribution is -0.400. The van der Waals surface area contributed by atoms with E-state index in [2.05, 4.69) is 0 Å². The molecule has 0 amide bonds. The molecule has 39 atom stereocenters. The highest BCUT2D eigenvalue weighted by Gasteiger charge is 2.62. The molecule has 23 aliphatic heterocycles.